The predicted molar refractivity (Wildman–Crippen MR) is 236 cm³/mol. The molecule has 0 aliphatic carbocycles. The van der Waals surface area contributed by atoms with E-state index in [1.807, 2.05) is 0 Å². The van der Waals surface area contributed by atoms with E-state index < -0.39 is 18.2 Å². The molecule has 0 heterocycles. The number of aliphatic hydroxyl groups is 3. The number of aliphatic hydroxyl groups excluding tert-OH is 3. The van der Waals surface area contributed by atoms with Crippen molar-refractivity contribution in [2.24, 2.45) is 0 Å². The number of nitrogens with one attached hydrogen (secondary N) is 1. The zero-order chi connectivity index (χ0) is 39.4. The van der Waals surface area contributed by atoms with Crippen LogP contribution in [0.4, 0.5) is 0 Å². The SMILES string of the molecule is CCCCCCCCCCCC/C=C\CCCCCCCC(O)CC(=O)NC(CO)C(O)CCCCCCCCCCCCCCCCCCCCCC. The van der Waals surface area contributed by atoms with E-state index in [0.717, 1.165) is 32.1 Å². The van der Waals surface area contributed by atoms with Crippen molar-refractivity contribution in [3.63, 3.8) is 0 Å². The highest BCUT2D eigenvalue weighted by atomic mass is 16.3. The van der Waals surface area contributed by atoms with E-state index in [2.05, 4.69) is 31.3 Å². The lowest BCUT2D eigenvalue weighted by molar-refractivity contribution is -0.125. The Morgan fingerprint density at radius 2 is 0.741 bits per heavy atom. The number of carbonyl (C=O) groups excluding carboxylic acids is 1. The fourth-order valence-electron chi connectivity index (χ4n) is 7.81. The van der Waals surface area contributed by atoms with E-state index in [4.69, 9.17) is 0 Å². The topological polar surface area (TPSA) is 89.8 Å². The van der Waals surface area contributed by atoms with Crippen LogP contribution in [0.15, 0.2) is 12.2 Å². The van der Waals surface area contributed by atoms with E-state index in [0.29, 0.717) is 12.8 Å². The number of rotatable bonds is 45. The number of hydrogen-bond acceptors (Lipinski definition) is 4. The van der Waals surface area contributed by atoms with Crippen LogP contribution in [-0.2, 0) is 4.79 Å². The first-order chi connectivity index (χ1) is 26.5. The Morgan fingerprint density at radius 1 is 0.444 bits per heavy atom. The van der Waals surface area contributed by atoms with Crippen LogP contribution in [0.3, 0.4) is 0 Å². The van der Waals surface area contributed by atoms with E-state index in [9.17, 15) is 20.1 Å². The molecule has 0 saturated carbocycles. The summed E-state index contributed by atoms with van der Waals surface area (Å²) in [5.74, 6) is -0.284. The number of allylic oxidation sites excluding steroid dienone is 2. The van der Waals surface area contributed by atoms with Crippen molar-refractivity contribution in [2.75, 3.05) is 6.61 Å². The van der Waals surface area contributed by atoms with Crippen molar-refractivity contribution >= 4 is 5.91 Å². The molecule has 0 radical (unpaired) electrons. The van der Waals surface area contributed by atoms with Crippen LogP contribution in [0.2, 0.25) is 0 Å². The number of amides is 1. The van der Waals surface area contributed by atoms with Gasteiger partial charge in [-0.05, 0) is 38.5 Å². The van der Waals surface area contributed by atoms with Gasteiger partial charge in [-0.15, -0.1) is 0 Å². The summed E-state index contributed by atoms with van der Waals surface area (Å²) in [7, 11) is 0. The van der Waals surface area contributed by atoms with Gasteiger partial charge in [0.05, 0.1) is 31.3 Å². The van der Waals surface area contributed by atoms with Crippen LogP contribution >= 0.6 is 0 Å². The van der Waals surface area contributed by atoms with E-state index in [-0.39, 0.29) is 18.9 Å². The van der Waals surface area contributed by atoms with Gasteiger partial charge >= 0.3 is 0 Å². The molecule has 0 fully saturated rings. The average molecular weight is 764 g/mol. The quantitative estimate of drug-likeness (QED) is 0.0367. The fraction of sp³-hybridized carbons (Fsp3) is 0.939. The van der Waals surface area contributed by atoms with E-state index in [1.54, 1.807) is 0 Å². The summed E-state index contributed by atoms with van der Waals surface area (Å²) in [5, 5.41) is 33.5. The molecule has 0 aliphatic heterocycles. The molecule has 5 nitrogen and oxygen atoms in total. The summed E-state index contributed by atoms with van der Waals surface area (Å²) >= 11 is 0. The molecule has 3 unspecified atom stereocenters. The number of carbonyl (C=O) groups is 1. The highest BCUT2D eigenvalue weighted by molar-refractivity contribution is 5.76. The Kier molecular flexibility index (Phi) is 44.0. The molecular weight excluding hydrogens is 667 g/mol. The third-order valence-corrected chi connectivity index (χ3v) is 11.6. The second-order valence-electron chi connectivity index (χ2n) is 17.1. The Balaban J connectivity index is 3.58. The monoisotopic (exact) mass is 764 g/mol. The molecule has 0 aliphatic rings. The average Bonchev–Trinajstić information content (AvgIpc) is 3.16. The van der Waals surface area contributed by atoms with Gasteiger partial charge in [-0.2, -0.15) is 0 Å². The largest absolute Gasteiger partial charge is 0.394 e. The minimum absolute atomic E-state index is 0.0341. The van der Waals surface area contributed by atoms with Gasteiger partial charge in [-0.25, -0.2) is 0 Å². The van der Waals surface area contributed by atoms with Gasteiger partial charge in [-0.3, -0.25) is 4.79 Å². The van der Waals surface area contributed by atoms with Gasteiger partial charge in [0.2, 0.25) is 5.91 Å². The molecule has 54 heavy (non-hydrogen) atoms. The molecule has 4 N–H and O–H groups in total. The molecule has 0 aromatic rings. The summed E-state index contributed by atoms with van der Waals surface area (Å²) in [5.41, 5.74) is 0. The lowest BCUT2D eigenvalue weighted by Gasteiger charge is -2.23. The summed E-state index contributed by atoms with van der Waals surface area (Å²) in [6.45, 7) is 4.29. The molecule has 0 saturated heterocycles. The Hall–Kier alpha value is -0.910. The van der Waals surface area contributed by atoms with Crippen molar-refractivity contribution < 1.29 is 20.1 Å². The standard InChI is InChI=1S/C49H97NO4/c1-3-5-7-9-11-13-15-17-19-21-23-25-27-29-31-33-35-37-39-41-43-48(53)47(45-51)50-49(54)44-46(52)42-40-38-36-34-32-30-28-26-24-22-20-18-16-14-12-10-8-6-4-2/h26,28,46-48,51-53H,3-25,27,29-45H2,1-2H3,(H,50,54)/b28-26-. The molecule has 0 spiro atoms. The van der Waals surface area contributed by atoms with E-state index >= 15 is 0 Å². The van der Waals surface area contributed by atoms with Crippen LogP contribution in [0.1, 0.15) is 271 Å². The van der Waals surface area contributed by atoms with Crippen LogP contribution < -0.4 is 5.32 Å². The third-order valence-electron chi connectivity index (χ3n) is 11.6. The van der Waals surface area contributed by atoms with Gasteiger partial charge in [0.1, 0.15) is 0 Å². The smallest absolute Gasteiger partial charge is 0.222 e. The third kappa shape index (κ3) is 40.7. The molecule has 322 valence electrons. The van der Waals surface area contributed by atoms with Crippen LogP contribution in [0.5, 0.6) is 0 Å². The maximum absolute atomic E-state index is 12.5. The first kappa shape index (κ1) is 53.1. The van der Waals surface area contributed by atoms with Gasteiger partial charge < -0.3 is 20.6 Å². The van der Waals surface area contributed by atoms with Crippen LogP contribution in [0.25, 0.3) is 0 Å². The number of unbranched alkanes of at least 4 members (excludes halogenated alkanes) is 34. The molecule has 3 atom stereocenters. The molecule has 1 amide bonds. The Labute approximate surface area is 338 Å². The number of hydrogen-bond donors (Lipinski definition) is 4. The van der Waals surface area contributed by atoms with E-state index in [1.165, 1.54) is 205 Å². The lowest BCUT2D eigenvalue weighted by atomic mass is 10.0. The van der Waals surface area contributed by atoms with Crippen molar-refractivity contribution in [3.8, 4) is 0 Å². The van der Waals surface area contributed by atoms with Crippen molar-refractivity contribution in [3.05, 3.63) is 12.2 Å². The second kappa shape index (κ2) is 44.8. The first-order valence-electron chi connectivity index (χ1n) is 24.5. The van der Waals surface area contributed by atoms with Gasteiger partial charge in [0, 0.05) is 0 Å². The van der Waals surface area contributed by atoms with Gasteiger partial charge in [0.15, 0.2) is 0 Å². The summed E-state index contributed by atoms with van der Waals surface area (Å²) in [4.78, 5) is 12.5. The zero-order valence-corrected chi connectivity index (χ0v) is 36.6. The maximum atomic E-state index is 12.5. The Morgan fingerprint density at radius 3 is 1.07 bits per heavy atom. The normalized spacial score (nSPS) is 13.5. The maximum Gasteiger partial charge on any atom is 0.222 e. The van der Waals surface area contributed by atoms with Gasteiger partial charge in [0.25, 0.3) is 0 Å². The van der Waals surface area contributed by atoms with Crippen molar-refractivity contribution in [2.45, 2.75) is 289 Å². The molecule has 0 rings (SSSR count). The first-order valence-corrected chi connectivity index (χ1v) is 24.5. The highest BCUT2D eigenvalue weighted by Crippen LogP contribution is 2.17. The highest BCUT2D eigenvalue weighted by Gasteiger charge is 2.21. The predicted octanol–water partition coefficient (Wildman–Crippen LogP) is 14.4. The lowest BCUT2D eigenvalue weighted by Crippen LogP contribution is -2.46. The fourth-order valence-corrected chi connectivity index (χ4v) is 7.81. The molecule has 0 aromatic carbocycles. The molecule has 0 bridgehead atoms. The van der Waals surface area contributed by atoms with Crippen molar-refractivity contribution in [1.82, 2.24) is 5.32 Å². The minimum atomic E-state index is -0.749. The van der Waals surface area contributed by atoms with Gasteiger partial charge in [-0.1, -0.05) is 238 Å². The minimum Gasteiger partial charge on any atom is -0.394 e. The van der Waals surface area contributed by atoms with Crippen molar-refractivity contribution in [1.29, 1.82) is 0 Å². The summed E-state index contributed by atoms with van der Waals surface area (Å²) < 4.78 is 0. The zero-order valence-electron chi connectivity index (χ0n) is 36.6. The summed E-state index contributed by atoms with van der Waals surface area (Å²) in [6, 6.07) is -0.658. The molecule has 0 aromatic heterocycles. The second-order valence-corrected chi connectivity index (χ2v) is 17.1. The van der Waals surface area contributed by atoms with Crippen LogP contribution in [-0.4, -0.2) is 46.1 Å². The Bertz CT molecular complexity index is 758. The van der Waals surface area contributed by atoms with Crippen LogP contribution in [0, 0.1) is 0 Å². The molecule has 5 heteroatoms. The molecular formula is C49H97NO4. The summed E-state index contributed by atoms with van der Waals surface area (Å²) in [6.07, 6.45) is 53.3.